The van der Waals surface area contributed by atoms with Crippen LogP contribution in [0.3, 0.4) is 0 Å². The molecule has 2 aromatic rings. The Balaban J connectivity index is 1.91. The fourth-order valence-corrected chi connectivity index (χ4v) is 3.00. The summed E-state index contributed by atoms with van der Waals surface area (Å²) < 4.78 is 22.6. The molecule has 2 aromatic carbocycles. The summed E-state index contributed by atoms with van der Waals surface area (Å²) in [6.07, 6.45) is 1.73. The first-order valence-electron chi connectivity index (χ1n) is 7.26. The highest BCUT2D eigenvalue weighted by molar-refractivity contribution is 7.89. The third kappa shape index (κ3) is 3.63. The third-order valence-corrected chi connectivity index (χ3v) is 4.83. The van der Waals surface area contributed by atoms with Crippen LogP contribution in [0.25, 0.3) is 6.08 Å². The maximum absolute atomic E-state index is 12.6. The largest absolute Gasteiger partial charge is 0.280 e. The van der Waals surface area contributed by atoms with Crippen molar-refractivity contribution in [3.05, 3.63) is 64.7 Å². The number of sulfonamides is 1. The van der Waals surface area contributed by atoms with Crippen molar-refractivity contribution in [2.24, 2.45) is 10.2 Å². The zero-order valence-electron chi connectivity index (χ0n) is 13.2. The molecule has 0 unspecified atom stereocenters. The standard InChI is InChI=1S/C17H14ClN3O3S/c1-11-16(10-12-2-4-13(18)5-3-12)17(22)21(20-11)14-6-8-15(9-7-14)25(19,23)24/h2-10H,1H3,(H2,19,23,24)/b16-10-. The smallest absolute Gasteiger partial charge is 0.267 e. The predicted molar refractivity (Wildman–Crippen MR) is 97.8 cm³/mol. The van der Waals surface area contributed by atoms with Crippen molar-refractivity contribution >= 4 is 45.0 Å². The van der Waals surface area contributed by atoms with Gasteiger partial charge in [0, 0.05) is 5.02 Å². The second-order valence-electron chi connectivity index (χ2n) is 5.45. The van der Waals surface area contributed by atoms with E-state index in [1.807, 2.05) is 0 Å². The molecule has 128 valence electrons. The van der Waals surface area contributed by atoms with E-state index in [4.69, 9.17) is 16.7 Å². The lowest BCUT2D eigenvalue weighted by Gasteiger charge is -2.12. The van der Waals surface area contributed by atoms with Crippen molar-refractivity contribution in [1.29, 1.82) is 0 Å². The quantitative estimate of drug-likeness (QED) is 0.836. The van der Waals surface area contributed by atoms with Gasteiger partial charge in [-0.15, -0.1) is 0 Å². The zero-order chi connectivity index (χ0) is 18.2. The summed E-state index contributed by atoms with van der Waals surface area (Å²) in [5, 5.41) is 11.2. The number of rotatable bonds is 3. The Bertz CT molecular complexity index is 994. The SMILES string of the molecule is CC1=NN(c2ccc(S(N)(=O)=O)cc2)C(=O)/C1=C\c1ccc(Cl)cc1. The first kappa shape index (κ1) is 17.3. The van der Waals surface area contributed by atoms with Crippen LogP contribution in [0.1, 0.15) is 12.5 Å². The van der Waals surface area contributed by atoms with E-state index < -0.39 is 10.0 Å². The number of anilines is 1. The summed E-state index contributed by atoms with van der Waals surface area (Å²) in [4.78, 5) is 12.6. The molecule has 25 heavy (non-hydrogen) atoms. The van der Waals surface area contributed by atoms with Crippen molar-refractivity contribution in [2.45, 2.75) is 11.8 Å². The van der Waals surface area contributed by atoms with Crippen LogP contribution in [-0.4, -0.2) is 20.0 Å². The molecule has 0 radical (unpaired) electrons. The Labute approximate surface area is 150 Å². The van der Waals surface area contributed by atoms with Crippen LogP contribution >= 0.6 is 11.6 Å². The second-order valence-corrected chi connectivity index (χ2v) is 7.45. The minimum absolute atomic E-state index is 0.0273. The molecule has 1 heterocycles. The van der Waals surface area contributed by atoms with Gasteiger partial charge in [-0.25, -0.2) is 13.6 Å². The number of hydrazone groups is 1. The van der Waals surface area contributed by atoms with Crippen molar-refractivity contribution < 1.29 is 13.2 Å². The van der Waals surface area contributed by atoms with Gasteiger partial charge in [-0.05, 0) is 55.0 Å². The lowest BCUT2D eigenvalue weighted by molar-refractivity contribution is -0.114. The molecule has 1 aliphatic heterocycles. The summed E-state index contributed by atoms with van der Waals surface area (Å²) in [7, 11) is -3.78. The van der Waals surface area contributed by atoms with Crippen molar-refractivity contribution in [1.82, 2.24) is 0 Å². The molecule has 0 bridgehead atoms. The van der Waals surface area contributed by atoms with Gasteiger partial charge in [-0.2, -0.15) is 10.1 Å². The molecule has 0 aromatic heterocycles. The minimum Gasteiger partial charge on any atom is -0.267 e. The summed E-state index contributed by atoms with van der Waals surface area (Å²) >= 11 is 5.86. The Kier molecular flexibility index (Phi) is 4.47. The van der Waals surface area contributed by atoms with Crippen LogP contribution < -0.4 is 10.1 Å². The van der Waals surface area contributed by atoms with E-state index in [1.54, 1.807) is 37.3 Å². The van der Waals surface area contributed by atoms with Crippen molar-refractivity contribution in [3.8, 4) is 0 Å². The molecule has 0 saturated carbocycles. The molecule has 0 atom stereocenters. The van der Waals surface area contributed by atoms with E-state index in [2.05, 4.69) is 5.10 Å². The zero-order valence-corrected chi connectivity index (χ0v) is 14.8. The van der Waals surface area contributed by atoms with Gasteiger partial charge in [0.2, 0.25) is 10.0 Å². The Morgan fingerprint density at radius 2 is 1.68 bits per heavy atom. The molecule has 6 nitrogen and oxygen atoms in total. The molecule has 1 aliphatic rings. The van der Waals surface area contributed by atoms with Gasteiger partial charge in [0.05, 0.1) is 21.9 Å². The number of amides is 1. The van der Waals surface area contributed by atoms with Gasteiger partial charge in [0.15, 0.2) is 0 Å². The van der Waals surface area contributed by atoms with Crippen LogP contribution in [0.2, 0.25) is 5.02 Å². The van der Waals surface area contributed by atoms with E-state index in [1.165, 1.54) is 29.3 Å². The Morgan fingerprint density at radius 3 is 2.24 bits per heavy atom. The van der Waals surface area contributed by atoms with Crippen LogP contribution in [0, 0.1) is 0 Å². The molecule has 0 spiro atoms. The maximum Gasteiger partial charge on any atom is 0.280 e. The third-order valence-electron chi connectivity index (χ3n) is 3.65. The van der Waals surface area contributed by atoms with Crippen LogP contribution in [0.5, 0.6) is 0 Å². The number of nitrogens with zero attached hydrogens (tertiary/aromatic N) is 2. The van der Waals surface area contributed by atoms with E-state index in [9.17, 15) is 13.2 Å². The molecule has 3 rings (SSSR count). The maximum atomic E-state index is 12.6. The highest BCUT2D eigenvalue weighted by Gasteiger charge is 2.28. The van der Waals surface area contributed by atoms with Gasteiger partial charge in [-0.3, -0.25) is 4.79 Å². The van der Waals surface area contributed by atoms with Gasteiger partial charge in [0.1, 0.15) is 0 Å². The summed E-state index contributed by atoms with van der Waals surface area (Å²) in [6, 6.07) is 12.7. The average molecular weight is 376 g/mol. The summed E-state index contributed by atoms with van der Waals surface area (Å²) in [5.41, 5.74) is 2.30. The lowest BCUT2D eigenvalue weighted by atomic mass is 10.1. The fourth-order valence-electron chi connectivity index (χ4n) is 2.36. The number of hydrogen-bond donors (Lipinski definition) is 1. The average Bonchev–Trinajstić information content (AvgIpc) is 2.84. The van der Waals surface area contributed by atoms with E-state index in [0.717, 1.165) is 5.56 Å². The molecule has 0 aliphatic carbocycles. The number of halogens is 1. The molecule has 0 saturated heterocycles. The molecule has 2 N–H and O–H groups in total. The molecule has 0 fully saturated rings. The number of hydrogen-bond acceptors (Lipinski definition) is 4. The first-order chi connectivity index (χ1) is 11.8. The predicted octanol–water partition coefficient (Wildman–Crippen LogP) is 2.79. The minimum atomic E-state index is -3.78. The molecule has 8 heteroatoms. The van der Waals surface area contributed by atoms with E-state index >= 15 is 0 Å². The van der Waals surface area contributed by atoms with Gasteiger partial charge in [-0.1, -0.05) is 23.7 Å². The van der Waals surface area contributed by atoms with Crippen LogP contribution in [0.15, 0.2) is 64.1 Å². The number of carbonyl (C=O) groups is 1. The van der Waals surface area contributed by atoms with Gasteiger partial charge >= 0.3 is 0 Å². The van der Waals surface area contributed by atoms with Crippen LogP contribution in [-0.2, 0) is 14.8 Å². The number of nitrogens with two attached hydrogens (primary N) is 1. The first-order valence-corrected chi connectivity index (χ1v) is 9.18. The normalized spacial score (nSPS) is 16.4. The molecule has 1 amide bonds. The van der Waals surface area contributed by atoms with Gasteiger partial charge in [0.25, 0.3) is 5.91 Å². The molecular weight excluding hydrogens is 362 g/mol. The highest BCUT2D eigenvalue weighted by atomic mass is 35.5. The molecular formula is C17H14ClN3O3S. The fraction of sp³-hybridized carbons (Fsp3) is 0.0588. The lowest BCUT2D eigenvalue weighted by Crippen LogP contribution is -2.21. The second kappa shape index (κ2) is 6.44. The van der Waals surface area contributed by atoms with E-state index in [-0.39, 0.29) is 10.8 Å². The summed E-state index contributed by atoms with van der Waals surface area (Å²) in [5.74, 6) is -0.296. The van der Waals surface area contributed by atoms with Gasteiger partial charge < -0.3 is 0 Å². The van der Waals surface area contributed by atoms with E-state index in [0.29, 0.717) is 22.0 Å². The number of benzene rings is 2. The number of carbonyl (C=O) groups excluding carboxylic acids is 1. The number of primary sulfonamides is 1. The Morgan fingerprint density at radius 1 is 1.08 bits per heavy atom. The highest BCUT2D eigenvalue weighted by Crippen LogP contribution is 2.26. The monoisotopic (exact) mass is 375 g/mol. The van der Waals surface area contributed by atoms with Crippen LogP contribution in [0.4, 0.5) is 5.69 Å². The van der Waals surface area contributed by atoms with Crippen molar-refractivity contribution in [3.63, 3.8) is 0 Å². The van der Waals surface area contributed by atoms with Crippen molar-refractivity contribution in [2.75, 3.05) is 5.01 Å². The summed E-state index contributed by atoms with van der Waals surface area (Å²) in [6.45, 7) is 1.73. The Hall–Kier alpha value is -2.48. The topological polar surface area (TPSA) is 92.8 Å².